The van der Waals surface area contributed by atoms with Crippen LogP contribution in [0.5, 0.6) is 5.75 Å². The monoisotopic (exact) mass is 486 g/mol. The summed E-state index contributed by atoms with van der Waals surface area (Å²) in [6.45, 7) is 2.37. The van der Waals surface area contributed by atoms with Crippen LogP contribution >= 0.6 is 0 Å². The average molecular weight is 487 g/mol. The molecule has 0 radical (unpaired) electrons. The molecule has 0 spiro atoms. The number of methoxy groups -OCH3 is 1. The van der Waals surface area contributed by atoms with Crippen LogP contribution < -0.4 is 20.3 Å². The Balaban J connectivity index is 1.07. The molecule has 1 saturated carbocycles. The van der Waals surface area contributed by atoms with Gasteiger partial charge in [-0.05, 0) is 86.9 Å². The van der Waals surface area contributed by atoms with E-state index in [1.54, 1.807) is 13.3 Å². The maximum Gasteiger partial charge on any atom is 0.229 e. The predicted molar refractivity (Wildman–Crippen MR) is 143 cm³/mol. The summed E-state index contributed by atoms with van der Waals surface area (Å²) in [6.07, 6.45) is 6.15. The third kappa shape index (κ3) is 4.35. The van der Waals surface area contributed by atoms with Crippen LogP contribution in [0.3, 0.4) is 0 Å². The van der Waals surface area contributed by atoms with E-state index in [0.717, 1.165) is 35.8 Å². The van der Waals surface area contributed by atoms with Gasteiger partial charge in [-0.1, -0.05) is 0 Å². The summed E-state index contributed by atoms with van der Waals surface area (Å²) in [5, 5.41) is 6.76. The number of ether oxygens (including phenoxy) is 2. The molecule has 36 heavy (non-hydrogen) atoms. The lowest BCUT2D eigenvalue weighted by Gasteiger charge is -2.50. The first kappa shape index (κ1) is 23.1. The summed E-state index contributed by atoms with van der Waals surface area (Å²) in [5.74, 6) is 2.84. The van der Waals surface area contributed by atoms with Crippen molar-refractivity contribution in [1.29, 1.82) is 0 Å². The van der Waals surface area contributed by atoms with Gasteiger partial charge in [-0.3, -0.25) is 4.90 Å². The van der Waals surface area contributed by atoms with Gasteiger partial charge < -0.3 is 25.0 Å². The third-order valence-electron chi connectivity index (χ3n) is 7.93. The van der Waals surface area contributed by atoms with Crippen LogP contribution in [0, 0.1) is 0 Å². The maximum absolute atomic E-state index is 6.13. The lowest BCUT2D eigenvalue weighted by atomic mass is 9.83. The molecule has 188 valence electrons. The number of hydrogen-bond acceptors (Lipinski definition) is 8. The van der Waals surface area contributed by atoms with E-state index in [-0.39, 0.29) is 11.8 Å². The number of piperidine rings is 1. The van der Waals surface area contributed by atoms with Crippen molar-refractivity contribution in [1.82, 2.24) is 14.9 Å². The molecule has 8 heteroatoms. The van der Waals surface area contributed by atoms with Gasteiger partial charge in [0.05, 0.1) is 0 Å². The van der Waals surface area contributed by atoms with Gasteiger partial charge in [0.15, 0.2) is 0 Å². The lowest BCUT2D eigenvalue weighted by molar-refractivity contribution is -0.204. The van der Waals surface area contributed by atoms with Crippen molar-refractivity contribution in [2.24, 2.45) is 0 Å². The zero-order chi connectivity index (χ0) is 24.7. The standard InChI is InChI=1S/C28H34N6O2/c1-33(2)28(35-3)17-23(18-28)36-22-7-4-20(5-8-22)31-27-29-13-10-26(32-27)30-21-6-9-25-24(16-21)19-11-14-34(25)15-12-19/h4-10,13,16,19,23H,11-12,14-15,17-18H2,1-3H3,(H2,29,30,31,32). The average Bonchev–Trinajstić information content (AvgIpc) is 2.88. The summed E-state index contributed by atoms with van der Waals surface area (Å²) >= 11 is 0. The van der Waals surface area contributed by atoms with Gasteiger partial charge in [0.2, 0.25) is 5.95 Å². The van der Waals surface area contributed by atoms with Crippen molar-refractivity contribution in [2.75, 3.05) is 49.8 Å². The molecule has 1 aromatic heterocycles. The van der Waals surface area contributed by atoms with Crippen LogP contribution in [0.2, 0.25) is 0 Å². The fourth-order valence-corrected chi connectivity index (χ4v) is 5.70. The highest BCUT2D eigenvalue weighted by Crippen LogP contribution is 2.43. The highest BCUT2D eigenvalue weighted by molar-refractivity contribution is 5.68. The number of benzene rings is 2. The summed E-state index contributed by atoms with van der Waals surface area (Å²) in [6, 6.07) is 16.5. The van der Waals surface area contributed by atoms with E-state index >= 15 is 0 Å². The second-order valence-corrected chi connectivity index (χ2v) is 10.3. The van der Waals surface area contributed by atoms with E-state index in [1.807, 2.05) is 44.4 Å². The molecular formula is C28H34N6O2. The second-order valence-electron chi connectivity index (χ2n) is 10.3. The van der Waals surface area contributed by atoms with Crippen LogP contribution in [0.1, 0.15) is 37.2 Å². The first-order chi connectivity index (χ1) is 17.5. The Morgan fingerprint density at radius 2 is 1.72 bits per heavy atom. The number of rotatable bonds is 8. The van der Waals surface area contributed by atoms with Crippen molar-refractivity contribution in [3.8, 4) is 5.75 Å². The van der Waals surface area contributed by atoms with Gasteiger partial charge in [0.1, 0.15) is 23.4 Å². The Labute approximate surface area is 212 Å². The van der Waals surface area contributed by atoms with Crippen LogP contribution in [0.4, 0.5) is 28.8 Å². The summed E-state index contributed by atoms with van der Waals surface area (Å²) in [4.78, 5) is 13.7. The molecule has 4 aliphatic rings. The minimum absolute atomic E-state index is 0.160. The first-order valence-electron chi connectivity index (χ1n) is 12.8. The van der Waals surface area contributed by atoms with E-state index in [1.165, 1.54) is 37.2 Å². The van der Waals surface area contributed by atoms with E-state index in [2.05, 4.69) is 48.6 Å². The Hall–Kier alpha value is -3.36. The highest BCUT2D eigenvalue weighted by atomic mass is 16.5. The van der Waals surface area contributed by atoms with Gasteiger partial charge in [-0.25, -0.2) is 4.98 Å². The molecule has 1 saturated heterocycles. The predicted octanol–water partition coefficient (Wildman–Crippen LogP) is 5.11. The van der Waals surface area contributed by atoms with Crippen molar-refractivity contribution < 1.29 is 9.47 Å². The topological polar surface area (TPSA) is 74.8 Å². The fourth-order valence-electron chi connectivity index (χ4n) is 5.70. The zero-order valence-corrected chi connectivity index (χ0v) is 21.2. The van der Waals surface area contributed by atoms with Crippen LogP contribution in [0.25, 0.3) is 0 Å². The van der Waals surface area contributed by atoms with Gasteiger partial charge >= 0.3 is 0 Å². The first-order valence-corrected chi connectivity index (χ1v) is 12.8. The summed E-state index contributed by atoms with van der Waals surface area (Å²) in [7, 11) is 5.85. The second kappa shape index (κ2) is 9.26. The van der Waals surface area contributed by atoms with Gasteiger partial charge in [-0.2, -0.15) is 4.98 Å². The number of anilines is 5. The number of nitrogens with zero attached hydrogens (tertiary/aromatic N) is 4. The van der Waals surface area contributed by atoms with Gasteiger partial charge in [0.25, 0.3) is 0 Å². The molecule has 4 heterocycles. The molecular weight excluding hydrogens is 452 g/mol. The number of nitrogens with one attached hydrogen (secondary N) is 2. The van der Waals surface area contributed by atoms with Crippen molar-refractivity contribution in [2.45, 2.75) is 43.4 Å². The van der Waals surface area contributed by atoms with Crippen molar-refractivity contribution >= 4 is 28.8 Å². The molecule has 2 bridgehead atoms. The van der Waals surface area contributed by atoms with E-state index in [4.69, 9.17) is 9.47 Å². The van der Waals surface area contributed by atoms with E-state index in [9.17, 15) is 0 Å². The largest absolute Gasteiger partial charge is 0.490 e. The molecule has 1 aliphatic carbocycles. The molecule has 2 N–H and O–H groups in total. The van der Waals surface area contributed by atoms with Crippen molar-refractivity contribution in [3.63, 3.8) is 0 Å². The molecule has 2 fully saturated rings. The number of fused-ring (bicyclic) bond motifs is 2. The third-order valence-corrected chi connectivity index (χ3v) is 7.93. The molecule has 3 aliphatic heterocycles. The molecule has 3 aromatic rings. The zero-order valence-electron chi connectivity index (χ0n) is 21.2. The smallest absolute Gasteiger partial charge is 0.229 e. The number of aromatic nitrogens is 2. The Bertz CT molecular complexity index is 1220. The molecule has 0 unspecified atom stereocenters. The van der Waals surface area contributed by atoms with Crippen molar-refractivity contribution in [3.05, 3.63) is 60.3 Å². The maximum atomic E-state index is 6.13. The normalized spacial score (nSPS) is 22.8. The molecule has 8 nitrogen and oxygen atoms in total. The molecule has 7 rings (SSSR count). The van der Waals surface area contributed by atoms with E-state index < -0.39 is 0 Å². The minimum atomic E-state index is -0.209. The minimum Gasteiger partial charge on any atom is -0.490 e. The summed E-state index contributed by atoms with van der Waals surface area (Å²) < 4.78 is 11.8. The van der Waals surface area contributed by atoms with Crippen LogP contribution in [-0.2, 0) is 4.74 Å². The van der Waals surface area contributed by atoms with E-state index in [0.29, 0.717) is 11.9 Å². The molecule has 0 atom stereocenters. The van der Waals surface area contributed by atoms with Gasteiger partial charge in [-0.15, -0.1) is 0 Å². The van der Waals surface area contributed by atoms with Crippen LogP contribution in [-0.4, -0.2) is 61.0 Å². The Morgan fingerprint density at radius 3 is 2.44 bits per heavy atom. The Kier molecular flexibility index (Phi) is 5.93. The van der Waals surface area contributed by atoms with Gasteiger partial charge in [0, 0.05) is 56.3 Å². The lowest BCUT2D eigenvalue weighted by Crippen LogP contribution is -2.59. The summed E-state index contributed by atoms with van der Waals surface area (Å²) in [5.41, 5.74) is 4.62. The Morgan fingerprint density at radius 1 is 0.972 bits per heavy atom. The molecule has 2 aromatic carbocycles. The quantitative estimate of drug-likeness (QED) is 0.426. The molecule has 0 amide bonds. The fraction of sp³-hybridized carbons (Fsp3) is 0.429. The van der Waals surface area contributed by atoms with Crippen LogP contribution in [0.15, 0.2) is 54.7 Å². The number of hydrogen-bond donors (Lipinski definition) is 2. The highest BCUT2D eigenvalue weighted by Gasteiger charge is 2.48. The SMILES string of the molecule is COC1(N(C)C)CC(Oc2ccc(Nc3nccc(Nc4ccc5c(c4)C4CCN5CC4)n3)cc2)C1.